The van der Waals surface area contributed by atoms with Gasteiger partial charge in [0.2, 0.25) is 11.9 Å². The SMILES string of the molecule is CCC(NC(=O)CCNc1ncccn1)c1ccccc1OCC(=O)N(C)C. The van der Waals surface area contributed by atoms with Crippen molar-refractivity contribution in [3.8, 4) is 5.75 Å². The third-order valence-electron chi connectivity index (χ3n) is 4.09. The van der Waals surface area contributed by atoms with Crippen molar-refractivity contribution in [2.24, 2.45) is 0 Å². The van der Waals surface area contributed by atoms with E-state index in [0.29, 0.717) is 24.7 Å². The van der Waals surface area contributed by atoms with Gasteiger partial charge in [0.1, 0.15) is 5.75 Å². The van der Waals surface area contributed by atoms with Crippen molar-refractivity contribution >= 4 is 17.8 Å². The van der Waals surface area contributed by atoms with Gasteiger partial charge >= 0.3 is 0 Å². The molecule has 1 aromatic carbocycles. The van der Waals surface area contributed by atoms with Crippen LogP contribution in [0.15, 0.2) is 42.7 Å². The normalized spacial score (nSPS) is 11.4. The minimum Gasteiger partial charge on any atom is -0.483 e. The average molecular weight is 385 g/mol. The Morgan fingerprint density at radius 2 is 1.86 bits per heavy atom. The van der Waals surface area contributed by atoms with Gasteiger partial charge in [0, 0.05) is 45.0 Å². The zero-order chi connectivity index (χ0) is 20.4. The Bertz CT molecular complexity index is 767. The number of anilines is 1. The van der Waals surface area contributed by atoms with Gasteiger partial charge in [-0.05, 0) is 18.6 Å². The van der Waals surface area contributed by atoms with Crippen molar-refractivity contribution in [1.82, 2.24) is 20.2 Å². The molecule has 0 aliphatic rings. The molecule has 1 heterocycles. The Kier molecular flexibility index (Phi) is 8.20. The molecule has 0 saturated carbocycles. The fourth-order valence-corrected chi connectivity index (χ4v) is 2.51. The summed E-state index contributed by atoms with van der Waals surface area (Å²) in [6, 6.07) is 8.97. The smallest absolute Gasteiger partial charge is 0.259 e. The van der Waals surface area contributed by atoms with E-state index in [4.69, 9.17) is 4.74 Å². The average Bonchev–Trinajstić information content (AvgIpc) is 2.71. The fourth-order valence-electron chi connectivity index (χ4n) is 2.51. The quantitative estimate of drug-likeness (QED) is 0.649. The lowest BCUT2D eigenvalue weighted by Crippen LogP contribution is -2.31. The molecule has 0 aliphatic heterocycles. The van der Waals surface area contributed by atoms with Gasteiger partial charge in [-0.1, -0.05) is 25.1 Å². The van der Waals surface area contributed by atoms with Crippen molar-refractivity contribution in [1.29, 1.82) is 0 Å². The number of para-hydroxylation sites is 1. The zero-order valence-electron chi connectivity index (χ0n) is 16.5. The summed E-state index contributed by atoms with van der Waals surface area (Å²) in [6.07, 6.45) is 4.26. The Balaban J connectivity index is 1.92. The summed E-state index contributed by atoms with van der Waals surface area (Å²) >= 11 is 0. The van der Waals surface area contributed by atoms with Gasteiger partial charge in [-0.2, -0.15) is 0 Å². The summed E-state index contributed by atoms with van der Waals surface area (Å²) in [5.74, 6) is 0.878. The molecule has 8 heteroatoms. The molecule has 2 aromatic rings. The third-order valence-corrected chi connectivity index (χ3v) is 4.09. The molecule has 1 aromatic heterocycles. The molecule has 8 nitrogen and oxygen atoms in total. The first-order valence-corrected chi connectivity index (χ1v) is 9.23. The van der Waals surface area contributed by atoms with Gasteiger partial charge in [-0.15, -0.1) is 0 Å². The standard InChI is InChI=1S/C20H27N5O3/c1-4-16(24-18(26)10-13-23-20-21-11-7-12-22-20)15-8-5-6-9-17(15)28-14-19(27)25(2)3/h5-9,11-12,16H,4,10,13-14H2,1-3H3,(H,24,26)(H,21,22,23). The number of nitrogens with one attached hydrogen (secondary N) is 2. The minimum absolute atomic E-state index is 0.0462. The highest BCUT2D eigenvalue weighted by Crippen LogP contribution is 2.27. The second-order valence-electron chi connectivity index (χ2n) is 6.39. The van der Waals surface area contributed by atoms with Gasteiger partial charge in [0.25, 0.3) is 5.91 Å². The van der Waals surface area contributed by atoms with Crippen molar-refractivity contribution in [3.63, 3.8) is 0 Å². The molecular weight excluding hydrogens is 358 g/mol. The second kappa shape index (κ2) is 10.9. The van der Waals surface area contributed by atoms with E-state index in [1.165, 1.54) is 4.90 Å². The Morgan fingerprint density at radius 1 is 1.14 bits per heavy atom. The molecule has 0 saturated heterocycles. The zero-order valence-corrected chi connectivity index (χ0v) is 16.5. The number of rotatable bonds is 10. The first kappa shape index (κ1) is 21.1. The van der Waals surface area contributed by atoms with Gasteiger partial charge in [-0.25, -0.2) is 9.97 Å². The molecular formula is C20H27N5O3. The van der Waals surface area contributed by atoms with Crippen molar-refractivity contribution < 1.29 is 14.3 Å². The Morgan fingerprint density at radius 3 is 2.54 bits per heavy atom. The van der Waals surface area contributed by atoms with E-state index in [0.717, 1.165) is 5.56 Å². The van der Waals surface area contributed by atoms with E-state index >= 15 is 0 Å². The van der Waals surface area contributed by atoms with Crippen LogP contribution in [0.2, 0.25) is 0 Å². The van der Waals surface area contributed by atoms with Crippen LogP contribution in [0, 0.1) is 0 Å². The molecule has 150 valence electrons. The van der Waals surface area contributed by atoms with Crippen LogP contribution in [0.1, 0.15) is 31.4 Å². The van der Waals surface area contributed by atoms with Crippen LogP contribution in [0.3, 0.4) is 0 Å². The topological polar surface area (TPSA) is 96.5 Å². The number of amides is 2. The highest BCUT2D eigenvalue weighted by molar-refractivity contribution is 5.77. The van der Waals surface area contributed by atoms with Gasteiger partial charge < -0.3 is 20.3 Å². The maximum atomic E-state index is 12.3. The molecule has 0 bridgehead atoms. The number of ether oxygens (including phenoxy) is 1. The lowest BCUT2D eigenvalue weighted by Gasteiger charge is -2.21. The summed E-state index contributed by atoms with van der Waals surface area (Å²) in [4.78, 5) is 33.7. The van der Waals surface area contributed by atoms with Crippen LogP contribution in [-0.2, 0) is 9.59 Å². The van der Waals surface area contributed by atoms with Gasteiger partial charge in [0.05, 0.1) is 6.04 Å². The summed E-state index contributed by atoms with van der Waals surface area (Å²) in [6.45, 7) is 2.37. The van der Waals surface area contributed by atoms with Crippen molar-refractivity contribution in [2.45, 2.75) is 25.8 Å². The van der Waals surface area contributed by atoms with Crippen LogP contribution < -0.4 is 15.4 Å². The number of nitrogens with zero attached hydrogens (tertiary/aromatic N) is 3. The molecule has 0 fully saturated rings. The van der Waals surface area contributed by atoms with E-state index in [-0.39, 0.29) is 30.9 Å². The lowest BCUT2D eigenvalue weighted by molar-refractivity contribution is -0.130. The van der Waals surface area contributed by atoms with Gasteiger partial charge in [0.15, 0.2) is 6.61 Å². The molecule has 0 spiro atoms. The highest BCUT2D eigenvalue weighted by Gasteiger charge is 2.17. The summed E-state index contributed by atoms with van der Waals surface area (Å²) in [7, 11) is 3.36. The Hall–Kier alpha value is -3.16. The highest BCUT2D eigenvalue weighted by atomic mass is 16.5. The van der Waals surface area contributed by atoms with Crippen LogP contribution in [0.25, 0.3) is 0 Å². The maximum Gasteiger partial charge on any atom is 0.259 e. The molecule has 0 aliphatic carbocycles. The maximum absolute atomic E-state index is 12.3. The lowest BCUT2D eigenvalue weighted by atomic mass is 10.0. The van der Waals surface area contributed by atoms with E-state index < -0.39 is 0 Å². The number of aromatic nitrogens is 2. The van der Waals surface area contributed by atoms with Crippen LogP contribution >= 0.6 is 0 Å². The first-order valence-electron chi connectivity index (χ1n) is 9.23. The molecule has 2 rings (SSSR count). The summed E-state index contributed by atoms with van der Waals surface area (Å²) in [5, 5.41) is 6.04. The van der Waals surface area contributed by atoms with Crippen LogP contribution in [0.4, 0.5) is 5.95 Å². The number of carbonyl (C=O) groups is 2. The van der Waals surface area contributed by atoms with Gasteiger partial charge in [-0.3, -0.25) is 9.59 Å². The van der Waals surface area contributed by atoms with E-state index in [2.05, 4.69) is 20.6 Å². The molecule has 0 radical (unpaired) electrons. The van der Waals surface area contributed by atoms with Crippen LogP contribution in [-0.4, -0.2) is 53.9 Å². The number of hydrogen-bond donors (Lipinski definition) is 2. The molecule has 1 atom stereocenters. The molecule has 2 amide bonds. The number of carbonyl (C=O) groups excluding carboxylic acids is 2. The summed E-state index contributed by atoms with van der Waals surface area (Å²) in [5.41, 5.74) is 0.851. The van der Waals surface area contributed by atoms with E-state index in [1.807, 2.05) is 25.1 Å². The predicted molar refractivity (Wildman–Crippen MR) is 107 cm³/mol. The molecule has 28 heavy (non-hydrogen) atoms. The van der Waals surface area contributed by atoms with Crippen molar-refractivity contribution in [2.75, 3.05) is 32.6 Å². The fraction of sp³-hybridized carbons (Fsp3) is 0.400. The molecule has 2 N–H and O–H groups in total. The molecule has 1 unspecified atom stereocenters. The summed E-state index contributed by atoms with van der Waals surface area (Å²) < 4.78 is 5.69. The van der Waals surface area contributed by atoms with E-state index in [1.54, 1.807) is 38.6 Å². The monoisotopic (exact) mass is 385 g/mol. The Labute approximate surface area is 165 Å². The van der Waals surface area contributed by atoms with Crippen LogP contribution in [0.5, 0.6) is 5.75 Å². The second-order valence-corrected chi connectivity index (χ2v) is 6.39. The first-order chi connectivity index (χ1) is 13.5. The van der Waals surface area contributed by atoms with E-state index in [9.17, 15) is 9.59 Å². The van der Waals surface area contributed by atoms with Crippen molar-refractivity contribution in [3.05, 3.63) is 48.3 Å². The minimum atomic E-state index is -0.203. The third kappa shape index (κ3) is 6.53. The number of likely N-dealkylation sites (N-methyl/N-ethyl adjacent to an activating group) is 1. The predicted octanol–water partition coefficient (Wildman–Crippen LogP) is 2.01. The largest absolute Gasteiger partial charge is 0.483 e. The number of hydrogen-bond acceptors (Lipinski definition) is 6. The number of benzene rings is 1.